The van der Waals surface area contributed by atoms with Gasteiger partial charge in [0.05, 0.1) is 19.0 Å². The van der Waals surface area contributed by atoms with Crippen molar-refractivity contribution in [2.45, 2.75) is 13.8 Å². The standard InChI is InChI=1S/C8H11N3O2/c1-3-12-7(2)11-13-8-4-9-6-10-5-8/h4-6H,3H2,1-2H3/b11-7+. The van der Waals surface area contributed by atoms with Gasteiger partial charge in [0.15, 0.2) is 5.75 Å². The molecule has 0 saturated heterocycles. The molecular formula is C8H11N3O2. The van der Waals surface area contributed by atoms with Crippen LogP contribution in [0.5, 0.6) is 5.75 Å². The topological polar surface area (TPSA) is 56.6 Å². The van der Waals surface area contributed by atoms with Gasteiger partial charge >= 0.3 is 0 Å². The van der Waals surface area contributed by atoms with Crippen molar-refractivity contribution in [3.05, 3.63) is 18.7 Å². The van der Waals surface area contributed by atoms with Crippen LogP contribution < -0.4 is 4.84 Å². The van der Waals surface area contributed by atoms with Crippen LogP contribution in [0, 0.1) is 0 Å². The molecule has 1 aromatic heterocycles. The Hall–Kier alpha value is -1.65. The molecule has 70 valence electrons. The molecule has 0 unspecified atom stereocenters. The van der Waals surface area contributed by atoms with Crippen molar-refractivity contribution >= 4 is 5.90 Å². The van der Waals surface area contributed by atoms with Gasteiger partial charge in [0.2, 0.25) is 5.90 Å². The molecule has 5 nitrogen and oxygen atoms in total. The van der Waals surface area contributed by atoms with Crippen LogP contribution in [-0.4, -0.2) is 22.5 Å². The van der Waals surface area contributed by atoms with E-state index in [9.17, 15) is 0 Å². The Morgan fingerprint density at radius 1 is 1.46 bits per heavy atom. The maximum atomic E-state index is 5.05. The van der Waals surface area contributed by atoms with Gasteiger partial charge in [-0.2, -0.15) is 0 Å². The van der Waals surface area contributed by atoms with Crippen molar-refractivity contribution in [1.29, 1.82) is 0 Å². The van der Waals surface area contributed by atoms with E-state index in [1.807, 2.05) is 6.92 Å². The Morgan fingerprint density at radius 2 is 2.15 bits per heavy atom. The molecule has 1 heterocycles. The van der Waals surface area contributed by atoms with Crippen LogP contribution in [0.2, 0.25) is 0 Å². The van der Waals surface area contributed by atoms with Crippen LogP contribution in [0.25, 0.3) is 0 Å². The fraction of sp³-hybridized carbons (Fsp3) is 0.375. The molecular weight excluding hydrogens is 170 g/mol. The Labute approximate surface area is 76.4 Å². The maximum Gasteiger partial charge on any atom is 0.223 e. The molecule has 0 atom stereocenters. The highest BCUT2D eigenvalue weighted by Gasteiger charge is 1.93. The lowest BCUT2D eigenvalue weighted by atomic mass is 10.6. The predicted octanol–water partition coefficient (Wildman–Crippen LogP) is 1.23. The Balaban J connectivity index is 2.47. The number of hydrogen-bond donors (Lipinski definition) is 0. The number of ether oxygens (including phenoxy) is 1. The van der Waals surface area contributed by atoms with E-state index >= 15 is 0 Å². The quantitative estimate of drug-likeness (QED) is 0.399. The second kappa shape index (κ2) is 5.08. The van der Waals surface area contributed by atoms with E-state index in [0.29, 0.717) is 18.3 Å². The van der Waals surface area contributed by atoms with Gasteiger partial charge in [0, 0.05) is 6.92 Å². The van der Waals surface area contributed by atoms with E-state index in [4.69, 9.17) is 9.57 Å². The Bertz CT molecular complexity index is 274. The number of nitrogens with zero attached hydrogens (tertiary/aromatic N) is 3. The Morgan fingerprint density at radius 3 is 2.77 bits per heavy atom. The summed E-state index contributed by atoms with van der Waals surface area (Å²) in [5, 5.41) is 3.70. The average Bonchev–Trinajstić information content (AvgIpc) is 2.17. The van der Waals surface area contributed by atoms with Gasteiger partial charge in [0.1, 0.15) is 6.33 Å². The molecule has 0 aromatic carbocycles. The zero-order chi connectivity index (χ0) is 9.52. The lowest BCUT2D eigenvalue weighted by Crippen LogP contribution is -2.01. The summed E-state index contributed by atoms with van der Waals surface area (Å²) in [6.07, 6.45) is 4.47. The highest BCUT2D eigenvalue weighted by atomic mass is 16.6. The minimum Gasteiger partial charge on any atom is -0.479 e. The third kappa shape index (κ3) is 3.50. The van der Waals surface area contributed by atoms with Crippen molar-refractivity contribution in [3.8, 4) is 5.75 Å². The van der Waals surface area contributed by atoms with Crippen LogP contribution in [0.1, 0.15) is 13.8 Å². The molecule has 0 spiro atoms. The van der Waals surface area contributed by atoms with Gasteiger partial charge in [-0.05, 0) is 12.1 Å². The van der Waals surface area contributed by atoms with Crippen LogP contribution in [0.4, 0.5) is 0 Å². The second-order valence-corrected chi connectivity index (χ2v) is 2.21. The zero-order valence-corrected chi connectivity index (χ0v) is 7.60. The number of rotatable bonds is 3. The molecule has 0 amide bonds. The fourth-order valence-corrected chi connectivity index (χ4v) is 0.685. The fourth-order valence-electron chi connectivity index (χ4n) is 0.685. The summed E-state index contributed by atoms with van der Waals surface area (Å²) in [5.74, 6) is 0.966. The number of hydrogen-bond acceptors (Lipinski definition) is 5. The summed E-state index contributed by atoms with van der Waals surface area (Å²) in [6.45, 7) is 4.17. The minimum absolute atomic E-state index is 0.478. The molecule has 0 bridgehead atoms. The SMILES string of the molecule is CCO/C(C)=N/Oc1cncnc1. The summed E-state index contributed by atoms with van der Waals surface area (Å²) < 4.78 is 5.05. The van der Waals surface area contributed by atoms with Gasteiger partial charge < -0.3 is 9.57 Å². The Kier molecular flexibility index (Phi) is 3.69. The van der Waals surface area contributed by atoms with E-state index in [2.05, 4.69) is 15.1 Å². The molecule has 0 aliphatic carbocycles. The predicted molar refractivity (Wildman–Crippen MR) is 47.4 cm³/mol. The number of aromatic nitrogens is 2. The molecule has 1 aromatic rings. The van der Waals surface area contributed by atoms with Crippen LogP contribution in [0.3, 0.4) is 0 Å². The third-order valence-electron chi connectivity index (χ3n) is 1.17. The van der Waals surface area contributed by atoms with Crippen LogP contribution >= 0.6 is 0 Å². The molecule has 0 N–H and O–H groups in total. The summed E-state index contributed by atoms with van der Waals surface area (Å²) in [5.41, 5.74) is 0. The zero-order valence-electron chi connectivity index (χ0n) is 7.60. The van der Waals surface area contributed by atoms with Crippen molar-refractivity contribution in [1.82, 2.24) is 9.97 Å². The minimum atomic E-state index is 0.478. The van der Waals surface area contributed by atoms with E-state index in [1.165, 1.54) is 18.7 Å². The monoisotopic (exact) mass is 181 g/mol. The first kappa shape index (κ1) is 9.44. The first-order valence-electron chi connectivity index (χ1n) is 3.92. The van der Waals surface area contributed by atoms with Gasteiger partial charge in [-0.25, -0.2) is 9.97 Å². The lowest BCUT2D eigenvalue weighted by Gasteiger charge is -2.00. The highest BCUT2D eigenvalue weighted by molar-refractivity contribution is 5.72. The molecule has 0 aliphatic heterocycles. The summed E-state index contributed by atoms with van der Waals surface area (Å²) >= 11 is 0. The molecule has 13 heavy (non-hydrogen) atoms. The normalized spacial score (nSPS) is 11.1. The van der Waals surface area contributed by atoms with Gasteiger partial charge in [0.25, 0.3) is 0 Å². The van der Waals surface area contributed by atoms with Crippen molar-refractivity contribution in [2.24, 2.45) is 5.16 Å². The lowest BCUT2D eigenvalue weighted by molar-refractivity contribution is 0.275. The maximum absolute atomic E-state index is 5.05. The third-order valence-corrected chi connectivity index (χ3v) is 1.17. The molecule has 5 heteroatoms. The van der Waals surface area contributed by atoms with E-state index in [-0.39, 0.29) is 0 Å². The van der Waals surface area contributed by atoms with Crippen LogP contribution in [-0.2, 0) is 4.74 Å². The van der Waals surface area contributed by atoms with Gasteiger partial charge in [-0.3, -0.25) is 0 Å². The van der Waals surface area contributed by atoms with Crippen molar-refractivity contribution in [2.75, 3.05) is 6.61 Å². The van der Waals surface area contributed by atoms with E-state index < -0.39 is 0 Å². The summed E-state index contributed by atoms with van der Waals surface area (Å²) in [6, 6.07) is 0. The van der Waals surface area contributed by atoms with E-state index in [0.717, 1.165) is 0 Å². The molecule has 1 rings (SSSR count). The average molecular weight is 181 g/mol. The molecule has 0 saturated carbocycles. The highest BCUT2D eigenvalue weighted by Crippen LogP contribution is 2.04. The largest absolute Gasteiger partial charge is 0.479 e. The smallest absolute Gasteiger partial charge is 0.223 e. The second-order valence-electron chi connectivity index (χ2n) is 2.21. The van der Waals surface area contributed by atoms with Gasteiger partial charge in [-0.15, -0.1) is 0 Å². The summed E-state index contributed by atoms with van der Waals surface area (Å²) in [4.78, 5) is 12.5. The summed E-state index contributed by atoms with van der Waals surface area (Å²) in [7, 11) is 0. The first-order valence-corrected chi connectivity index (χ1v) is 3.92. The van der Waals surface area contributed by atoms with E-state index in [1.54, 1.807) is 6.92 Å². The van der Waals surface area contributed by atoms with Crippen molar-refractivity contribution < 1.29 is 9.57 Å². The first-order chi connectivity index (χ1) is 6.33. The van der Waals surface area contributed by atoms with Crippen LogP contribution in [0.15, 0.2) is 23.9 Å². The molecule has 0 radical (unpaired) electrons. The van der Waals surface area contributed by atoms with Gasteiger partial charge in [-0.1, -0.05) is 0 Å². The molecule has 0 aliphatic rings. The van der Waals surface area contributed by atoms with Crippen molar-refractivity contribution in [3.63, 3.8) is 0 Å². The molecule has 0 fully saturated rings. The number of oxime groups is 1.